The molecule has 8 heteroatoms. The van der Waals surface area contributed by atoms with Crippen molar-refractivity contribution >= 4 is 46.0 Å². The summed E-state index contributed by atoms with van der Waals surface area (Å²) in [5.74, 6) is 1.22. The zero-order valence-electron chi connectivity index (χ0n) is 16.8. The molecule has 2 aromatic carbocycles. The molecule has 2 aliphatic rings. The van der Waals surface area contributed by atoms with E-state index in [4.69, 9.17) is 4.74 Å². The molecule has 0 spiro atoms. The fourth-order valence-electron chi connectivity index (χ4n) is 3.36. The van der Waals surface area contributed by atoms with Gasteiger partial charge in [0.2, 0.25) is 5.91 Å². The fourth-order valence-corrected chi connectivity index (χ4v) is 4.16. The van der Waals surface area contributed by atoms with E-state index in [1.165, 1.54) is 11.8 Å². The number of hydrogen-bond acceptors (Lipinski definition) is 6. The third-order valence-corrected chi connectivity index (χ3v) is 5.75. The number of hydrogen-bond donors (Lipinski definition) is 1. The second-order valence-electron chi connectivity index (χ2n) is 6.91. The van der Waals surface area contributed by atoms with Crippen molar-refractivity contribution in [3.05, 3.63) is 54.1 Å². The molecule has 0 aromatic heterocycles. The van der Waals surface area contributed by atoms with Crippen LogP contribution in [0.5, 0.6) is 5.75 Å². The van der Waals surface area contributed by atoms with Crippen LogP contribution in [0, 0.1) is 0 Å². The van der Waals surface area contributed by atoms with Crippen molar-refractivity contribution in [2.75, 3.05) is 18.2 Å². The van der Waals surface area contributed by atoms with Gasteiger partial charge in [0.25, 0.3) is 5.91 Å². The summed E-state index contributed by atoms with van der Waals surface area (Å²) in [5, 5.41) is 3.33. The van der Waals surface area contributed by atoms with Gasteiger partial charge in [0.15, 0.2) is 5.17 Å². The van der Waals surface area contributed by atoms with Crippen LogP contribution < -0.4 is 10.1 Å². The van der Waals surface area contributed by atoms with Crippen LogP contribution in [0.25, 0.3) is 0 Å². The van der Waals surface area contributed by atoms with Gasteiger partial charge in [-0.15, -0.1) is 0 Å². The highest BCUT2D eigenvalue weighted by Crippen LogP contribution is 2.34. The molecule has 2 amide bonds. The Hall–Kier alpha value is -3.13. The van der Waals surface area contributed by atoms with Crippen LogP contribution >= 0.6 is 11.8 Å². The Labute approximate surface area is 179 Å². The number of ether oxygens (including phenoxy) is 1. The first-order chi connectivity index (χ1) is 14.6. The SMILES string of the molecule is CCC[C@@H]1N=C2c3ccccc3N=C(SCC(=O)Nc3ccc(OC)cc3)N2C1=O. The van der Waals surface area contributed by atoms with Gasteiger partial charge in [-0.25, -0.2) is 9.89 Å². The smallest absolute Gasteiger partial charge is 0.259 e. The van der Waals surface area contributed by atoms with E-state index in [0.717, 1.165) is 23.4 Å². The average Bonchev–Trinajstić information content (AvgIpc) is 3.09. The molecule has 154 valence electrons. The highest BCUT2D eigenvalue weighted by atomic mass is 32.2. The molecule has 0 saturated heterocycles. The maximum atomic E-state index is 13.0. The highest BCUT2D eigenvalue weighted by molar-refractivity contribution is 8.14. The van der Waals surface area contributed by atoms with Crippen molar-refractivity contribution in [2.45, 2.75) is 25.8 Å². The van der Waals surface area contributed by atoms with Crippen LogP contribution in [0.4, 0.5) is 11.4 Å². The van der Waals surface area contributed by atoms with E-state index >= 15 is 0 Å². The Morgan fingerprint density at radius 3 is 2.70 bits per heavy atom. The topological polar surface area (TPSA) is 83.4 Å². The molecule has 0 unspecified atom stereocenters. The summed E-state index contributed by atoms with van der Waals surface area (Å²) in [6.07, 6.45) is 1.56. The molecule has 4 rings (SSSR count). The lowest BCUT2D eigenvalue weighted by Gasteiger charge is -2.25. The zero-order valence-corrected chi connectivity index (χ0v) is 17.6. The molecule has 0 bridgehead atoms. The summed E-state index contributed by atoms with van der Waals surface area (Å²) in [7, 11) is 1.59. The number of rotatable bonds is 6. The summed E-state index contributed by atoms with van der Waals surface area (Å²) in [5.41, 5.74) is 2.28. The second-order valence-corrected chi connectivity index (χ2v) is 7.85. The third-order valence-electron chi connectivity index (χ3n) is 4.82. The van der Waals surface area contributed by atoms with Gasteiger partial charge in [-0.1, -0.05) is 37.2 Å². The standard InChI is InChI=1S/C22H22N4O3S/c1-3-6-18-21(28)26-20(24-18)16-7-4-5-8-17(16)25-22(26)30-13-19(27)23-14-9-11-15(29-2)12-10-14/h4-5,7-12,18H,3,6,13H2,1-2H3,(H,23,27)/t18-/m0/s1. The van der Waals surface area contributed by atoms with Gasteiger partial charge in [0.1, 0.15) is 17.6 Å². The van der Waals surface area contributed by atoms with E-state index in [-0.39, 0.29) is 17.6 Å². The summed E-state index contributed by atoms with van der Waals surface area (Å²) in [6, 6.07) is 14.4. The summed E-state index contributed by atoms with van der Waals surface area (Å²) in [4.78, 5) is 36.3. The molecular formula is C22H22N4O3S. The molecule has 0 saturated carbocycles. The Kier molecular flexibility index (Phi) is 5.85. The van der Waals surface area contributed by atoms with Gasteiger partial charge in [-0.05, 0) is 42.8 Å². The van der Waals surface area contributed by atoms with Crippen molar-refractivity contribution < 1.29 is 14.3 Å². The lowest BCUT2D eigenvalue weighted by Crippen LogP contribution is -2.41. The molecule has 0 fully saturated rings. The predicted molar refractivity (Wildman–Crippen MR) is 120 cm³/mol. The Morgan fingerprint density at radius 1 is 1.20 bits per heavy atom. The summed E-state index contributed by atoms with van der Waals surface area (Å²) >= 11 is 1.23. The number of carbonyl (C=O) groups excluding carboxylic acids is 2. The summed E-state index contributed by atoms with van der Waals surface area (Å²) in [6.45, 7) is 2.03. The zero-order chi connectivity index (χ0) is 21.1. The summed E-state index contributed by atoms with van der Waals surface area (Å²) < 4.78 is 5.12. The van der Waals surface area contributed by atoms with Crippen molar-refractivity contribution in [3.63, 3.8) is 0 Å². The maximum absolute atomic E-state index is 13.0. The lowest BCUT2D eigenvalue weighted by molar-refractivity contribution is -0.124. The first-order valence-electron chi connectivity index (χ1n) is 9.77. The highest BCUT2D eigenvalue weighted by Gasteiger charge is 2.40. The minimum Gasteiger partial charge on any atom is -0.497 e. The molecular weight excluding hydrogens is 400 g/mol. The normalized spacial score (nSPS) is 17.1. The number of nitrogens with zero attached hydrogens (tertiary/aromatic N) is 3. The van der Waals surface area contributed by atoms with Gasteiger partial charge in [-0.3, -0.25) is 14.6 Å². The van der Waals surface area contributed by atoms with Gasteiger partial charge >= 0.3 is 0 Å². The van der Waals surface area contributed by atoms with Crippen LogP contribution in [-0.4, -0.2) is 46.6 Å². The quantitative estimate of drug-likeness (QED) is 0.767. The van der Waals surface area contributed by atoms with Gasteiger partial charge < -0.3 is 10.1 Å². The van der Waals surface area contributed by atoms with E-state index in [2.05, 4.69) is 15.3 Å². The molecule has 7 nitrogen and oxygen atoms in total. The largest absolute Gasteiger partial charge is 0.497 e. The number of amidine groups is 2. The molecule has 2 heterocycles. The van der Waals surface area contributed by atoms with E-state index in [1.54, 1.807) is 36.3 Å². The number of methoxy groups -OCH3 is 1. The number of amides is 2. The average molecular weight is 423 g/mol. The number of anilines is 1. The third kappa shape index (κ3) is 3.95. The second kappa shape index (κ2) is 8.71. The molecule has 2 aliphatic heterocycles. The van der Waals surface area contributed by atoms with Crippen LogP contribution in [0.2, 0.25) is 0 Å². The number of fused-ring (bicyclic) bond motifs is 3. The Morgan fingerprint density at radius 2 is 1.97 bits per heavy atom. The first kappa shape index (κ1) is 20.2. The van der Waals surface area contributed by atoms with Crippen LogP contribution in [0.15, 0.2) is 58.5 Å². The van der Waals surface area contributed by atoms with Crippen LogP contribution in [-0.2, 0) is 9.59 Å². The molecule has 0 aliphatic carbocycles. The van der Waals surface area contributed by atoms with Crippen molar-refractivity contribution in [1.29, 1.82) is 0 Å². The fraction of sp³-hybridized carbons (Fsp3) is 0.273. The van der Waals surface area contributed by atoms with E-state index < -0.39 is 6.04 Å². The number of nitrogens with one attached hydrogen (secondary N) is 1. The Bertz CT molecular complexity index is 1030. The van der Waals surface area contributed by atoms with Crippen LogP contribution in [0.3, 0.4) is 0 Å². The molecule has 2 aromatic rings. The Balaban J connectivity index is 1.50. The number of aliphatic imine (C=N–C) groups is 2. The van der Waals surface area contributed by atoms with Crippen molar-refractivity contribution in [2.24, 2.45) is 9.98 Å². The molecule has 30 heavy (non-hydrogen) atoms. The lowest BCUT2D eigenvalue weighted by atomic mass is 10.1. The van der Waals surface area contributed by atoms with E-state index in [1.807, 2.05) is 31.2 Å². The van der Waals surface area contributed by atoms with Crippen LogP contribution in [0.1, 0.15) is 25.3 Å². The van der Waals surface area contributed by atoms with Crippen molar-refractivity contribution in [1.82, 2.24) is 4.90 Å². The van der Waals surface area contributed by atoms with Gasteiger partial charge in [0.05, 0.1) is 18.6 Å². The molecule has 1 atom stereocenters. The minimum atomic E-state index is -0.393. The molecule has 1 N–H and O–H groups in total. The number of para-hydroxylation sites is 1. The molecule has 0 radical (unpaired) electrons. The number of carbonyl (C=O) groups is 2. The first-order valence-corrected chi connectivity index (χ1v) is 10.8. The maximum Gasteiger partial charge on any atom is 0.259 e. The van der Waals surface area contributed by atoms with Gasteiger partial charge in [0, 0.05) is 11.3 Å². The monoisotopic (exact) mass is 422 g/mol. The van der Waals surface area contributed by atoms with E-state index in [0.29, 0.717) is 23.1 Å². The van der Waals surface area contributed by atoms with Crippen molar-refractivity contribution in [3.8, 4) is 5.75 Å². The van der Waals surface area contributed by atoms with E-state index in [9.17, 15) is 9.59 Å². The number of thioether (sulfide) groups is 1. The predicted octanol–water partition coefficient (Wildman–Crippen LogP) is 3.83. The minimum absolute atomic E-state index is 0.0804. The van der Waals surface area contributed by atoms with Gasteiger partial charge in [-0.2, -0.15) is 0 Å². The number of benzene rings is 2.